The molecule has 5 nitrogen and oxygen atoms in total. The summed E-state index contributed by atoms with van der Waals surface area (Å²) >= 11 is 6.02. The van der Waals surface area contributed by atoms with Gasteiger partial charge in [-0.2, -0.15) is 0 Å². The van der Waals surface area contributed by atoms with Crippen molar-refractivity contribution in [3.63, 3.8) is 0 Å². The first-order valence-electron chi connectivity index (χ1n) is 10.2. The van der Waals surface area contributed by atoms with Crippen molar-refractivity contribution >= 4 is 17.5 Å². The van der Waals surface area contributed by atoms with Crippen LogP contribution in [-0.4, -0.2) is 36.8 Å². The molecule has 0 unspecified atom stereocenters. The molecule has 0 fully saturated rings. The molecule has 0 bridgehead atoms. The lowest BCUT2D eigenvalue weighted by molar-refractivity contribution is 0.0830. The van der Waals surface area contributed by atoms with Crippen LogP contribution in [0, 0.1) is 0 Å². The number of aliphatic hydroxyl groups is 1. The van der Waals surface area contributed by atoms with E-state index >= 15 is 0 Å². The Balaban J connectivity index is 1.65. The largest absolute Gasteiger partial charge is 0.497 e. The second-order valence-electron chi connectivity index (χ2n) is 7.33. The molecule has 0 aliphatic rings. The number of methoxy groups -OCH3 is 1. The molecule has 3 aromatic rings. The number of ether oxygens (including phenoxy) is 1. The van der Waals surface area contributed by atoms with Gasteiger partial charge in [-0.3, -0.25) is 4.79 Å². The third-order valence-corrected chi connectivity index (χ3v) is 5.22. The molecule has 3 N–H and O–H groups in total. The van der Waals surface area contributed by atoms with Crippen molar-refractivity contribution in [2.24, 2.45) is 0 Å². The van der Waals surface area contributed by atoms with E-state index in [0.29, 0.717) is 30.1 Å². The van der Waals surface area contributed by atoms with Crippen LogP contribution in [0.3, 0.4) is 0 Å². The number of halogens is 1. The van der Waals surface area contributed by atoms with Crippen LogP contribution in [0.2, 0.25) is 5.02 Å². The molecule has 0 aromatic heterocycles. The highest BCUT2D eigenvalue weighted by Gasteiger charge is 2.22. The van der Waals surface area contributed by atoms with E-state index in [0.717, 1.165) is 16.9 Å². The molecule has 0 saturated heterocycles. The summed E-state index contributed by atoms with van der Waals surface area (Å²) in [5.74, 6) is 0.519. The maximum absolute atomic E-state index is 12.8. The van der Waals surface area contributed by atoms with Gasteiger partial charge in [0.25, 0.3) is 5.91 Å². The minimum absolute atomic E-state index is 0.268. The summed E-state index contributed by atoms with van der Waals surface area (Å²) in [6.07, 6.45) is -0.274. The Morgan fingerprint density at radius 1 is 1.00 bits per heavy atom. The number of hydrogen-bond acceptors (Lipinski definition) is 4. The highest BCUT2D eigenvalue weighted by atomic mass is 35.5. The van der Waals surface area contributed by atoms with E-state index in [1.807, 2.05) is 54.6 Å². The van der Waals surface area contributed by atoms with Crippen molar-refractivity contribution < 1.29 is 14.6 Å². The third kappa shape index (κ3) is 7.10. The zero-order valence-electron chi connectivity index (χ0n) is 17.4. The maximum atomic E-state index is 12.8. The van der Waals surface area contributed by atoms with Crippen LogP contribution < -0.4 is 15.4 Å². The van der Waals surface area contributed by atoms with Crippen LogP contribution >= 0.6 is 11.6 Å². The number of hydrogen-bond donors (Lipinski definition) is 3. The van der Waals surface area contributed by atoms with Gasteiger partial charge in [0.05, 0.1) is 19.3 Å². The Morgan fingerprint density at radius 3 is 2.48 bits per heavy atom. The molecule has 6 heteroatoms. The number of carbonyl (C=O) groups is 1. The minimum Gasteiger partial charge on any atom is -0.497 e. The summed E-state index contributed by atoms with van der Waals surface area (Å²) in [5, 5.41) is 17.6. The van der Waals surface area contributed by atoms with Crippen molar-refractivity contribution in [3.05, 3.63) is 101 Å². The van der Waals surface area contributed by atoms with E-state index in [9.17, 15) is 9.90 Å². The second-order valence-corrected chi connectivity index (χ2v) is 7.77. The summed E-state index contributed by atoms with van der Waals surface area (Å²) in [6.45, 7) is 0.902. The molecule has 0 radical (unpaired) electrons. The molecule has 2 atom stereocenters. The first-order chi connectivity index (χ1) is 15.0. The van der Waals surface area contributed by atoms with Gasteiger partial charge >= 0.3 is 0 Å². The zero-order valence-corrected chi connectivity index (χ0v) is 18.2. The first kappa shape index (κ1) is 22.8. The summed E-state index contributed by atoms with van der Waals surface area (Å²) in [6, 6.07) is 23.8. The summed E-state index contributed by atoms with van der Waals surface area (Å²) < 4.78 is 5.25. The summed E-state index contributed by atoms with van der Waals surface area (Å²) in [7, 11) is 1.63. The number of aliphatic hydroxyl groups excluding tert-OH is 1. The van der Waals surface area contributed by atoms with Crippen molar-refractivity contribution in [3.8, 4) is 5.75 Å². The highest BCUT2D eigenvalue weighted by molar-refractivity contribution is 6.30. The fraction of sp³-hybridized carbons (Fsp3) is 0.240. The van der Waals surface area contributed by atoms with E-state index < -0.39 is 12.1 Å². The molecule has 3 aromatic carbocycles. The molecule has 0 heterocycles. The van der Waals surface area contributed by atoms with E-state index in [4.69, 9.17) is 16.3 Å². The van der Waals surface area contributed by atoms with Crippen molar-refractivity contribution in [2.75, 3.05) is 13.7 Å². The zero-order chi connectivity index (χ0) is 22.1. The number of benzene rings is 3. The Labute approximate surface area is 188 Å². The lowest BCUT2D eigenvalue weighted by Crippen LogP contribution is -2.48. The molecule has 0 spiro atoms. The molecular formula is C25H27ClN2O3. The van der Waals surface area contributed by atoms with Gasteiger partial charge in [0.15, 0.2) is 0 Å². The number of carbonyl (C=O) groups excluding carboxylic acids is 1. The van der Waals surface area contributed by atoms with Crippen molar-refractivity contribution in [1.82, 2.24) is 10.6 Å². The van der Waals surface area contributed by atoms with Crippen LogP contribution in [0.15, 0.2) is 78.9 Å². The van der Waals surface area contributed by atoms with Gasteiger partial charge in [0.2, 0.25) is 0 Å². The molecule has 0 aliphatic carbocycles. The smallest absolute Gasteiger partial charge is 0.251 e. The van der Waals surface area contributed by atoms with Crippen molar-refractivity contribution in [2.45, 2.75) is 25.1 Å². The quantitative estimate of drug-likeness (QED) is 0.449. The van der Waals surface area contributed by atoms with E-state index in [-0.39, 0.29) is 5.91 Å². The monoisotopic (exact) mass is 438 g/mol. The topological polar surface area (TPSA) is 70.6 Å². The SMILES string of the molecule is COc1cccc(CNC[C@@H](O)[C@H](Cc2ccccc2)NC(=O)c2cccc(Cl)c2)c1. The molecule has 1 amide bonds. The van der Waals surface area contributed by atoms with Crippen molar-refractivity contribution in [1.29, 1.82) is 0 Å². The van der Waals surface area contributed by atoms with Gasteiger partial charge in [0.1, 0.15) is 5.75 Å². The fourth-order valence-electron chi connectivity index (χ4n) is 3.32. The Hall–Kier alpha value is -2.86. The molecule has 0 saturated carbocycles. The standard InChI is InChI=1S/C25H27ClN2O3/c1-31-22-12-5-9-19(13-22)16-27-17-24(29)23(14-18-7-3-2-4-8-18)28-25(30)20-10-6-11-21(26)15-20/h2-13,15,23-24,27,29H,14,16-17H2,1H3,(H,28,30)/t23-,24+/m0/s1. The maximum Gasteiger partial charge on any atom is 0.251 e. The van der Waals surface area contributed by atoms with E-state index in [1.165, 1.54) is 0 Å². The average molecular weight is 439 g/mol. The first-order valence-corrected chi connectivity index (χ1v) is 10.5. The lowest BCUT2D eigenvalue weighted by atomic mass is 10.0. The fourth-order valence-corrected chi connectivity index (χ4v) is 3.51. The van der Waals surface area contributed by atoms with Gasteiger partial charge in [-0.05, 0) is 47.9 Å². The van der Waals surface area contributed by atoms with Crippen LogP contribution in [0.5, 0.6) is 5.75 Å². The average Bonchev–Trinajstić information content (AvgIpc) is 2.79. The predicted molar refractivity (Wildman–Crippen MR) is 124 cm³/mol. The second kappa shape index (κ2) is 11.5. The van der Waals surface area contributed by atoms with Crippen LogP contribution in [-0.2, 0) is 13.0 Å². The number of nitrogens with one attached hydrogen (secondary N) is 2. The van der Waals surface area contributed by atoms with Gasteiger partial charge in [-0.25, -0.2) is 0 Å². The Morgan fingerprint density at radius 2 is 1.74 bits per heavy atom. The van der Waals surface area contributed by atoms with Gasteiger partial charge in [-0.1, -0.05) is 60.1 Å². The van der Waals surface area contributed by atoms with Gasteiger partial charge in [-0.15, -0.1) is 0 Å². The van der Waals surface area contributed by atoms with Crippen LogP contribution in [0.4, 0.5) is 0 Å². The molecule has 3 rings (SSSR count). The predicted octanol–water partition coefficient (Wildman–Crippen LogP) is 3.84. The van der Waals surface area contributed by atoms with Gasteiger partial charge in [0, 0.05) is 23.7 Å². The highest BCUT2D eigenvalue weighted by Crippen LogP contribution is 2.14. The van der Waals surface area contributed by atoms with E-state index in [2.05, 4.69) is 10.6 Å². The number of rotatable bonds is 10. The molecular weight excluding hydrogens is 412 g/mol. The third-order valence-electron chi connectivity index (χ3n) is 4.98. The molecule has 31 heavy (non-hydrogen) atoms. The molecule has 0 aliphatic heterocycles. The Bertz CT molecular complexity index is 981. The summed E-state index contributed by atoms with van der Waals surface area (Å²) in [4.78, 5) is 12.8. The van der Waals surface area contributed by atoms with Crippen LogP contribution in [0.1, 0.15) is 21.5 Å². The lowest BCUT2D eigenvalue weighted by Gasteiger charge is -2.25. The Kier molecular flexibility index (Phi) is 8.47. The van der Waals surface area contributed by atoms with Crippen LogP contribution in [0.25, 0.3) is 0 Å². The number of amides is 1. The molecule has 162 valence electrons. The van der Waals surface area contributed by atoms with E-state index in [1.54, 1.807) is 31.4 Å². The van der Waals surface area contributed by atoms with Gasteiger partial charge < -0.3 is 20.5 Å². The minimum atomic E-state index is -0.783. The summed E-state index contributed by atoms with van der Waals surface area (Å²) in [5.41, 5.74) is 2.54. The normalized spacial score (nSPS) is 12.7.